The van der Waals surface area contributed by atoms with Gasteiger partial charge in [-0.05, 0) is 37.8 Å². The van der Waals surface area contributed by atoms with Gasteiger partial charge in [-0.1, -0.05) is 23.7 Å². The highest BCUT2D eigenvalue weighted by Gasteiger charge is 2.44. The number of hydrogen-bond donors (Lipinski definition) is 2. The Morgan fingerprint density at radius 2 is 1.94 bits per heavy atom. The molecular formula is C24H31ClN4O6. The molecule has 11 heteroatoms. The van der Waals surface area contributed by atoms with Crippen LogP contribution in [-0.4, -0.2) is 93.0 Å². The Labute approximate surface area is 208 Å². The molecule has 1 unspecified atom stereocenters. The Morgan fingerprint density at radius 3 is 2.57 bits per heavy atom. The summed E-state index contributed by atoms with van der Waals surface area (Å²) in [7, 11) is 1.66. The molecular weight excluding hydrogens is 476 g/mol. The largest absolute Gasteiger partial charge is 0.465 e. The minimum absolute atomic E-state index is 0.00104. The molecule has 1 aliphatic carbocycles. The zero-order valence-corrected chi connectivity index (χ0v) is 20.6. The number of methoxy groups -OCH3 is 1. The summed E-state index contributed by atoms with van der Waals surface area (Å²) in [6.45, 7) is 3.13. The summed E-state index contributed by atoms with van der Waals surface area (Å²) in [6.07, 6.45) is 2.01. The lowest BCUT2D eigenvalue weighted by atomic mass is 10.0. The summed E-state index contributed by atoms with van der Waals surface area (Å²) < 4.78 is 7.24. The molecule has 0 radical (unpaired) electrons. The molecule has 2 fully saturated rings. The highest BCUT2D eigenvalue weighted by molar-refractivity contribution is 6.35. The van der Waals surface area contributed by atoms with Gasteiger partial charge in [-0.15, -0.1) is 0 Å². The summed E-state index contributed by atoms with van der Waals surface area (Å²) in [6, 6.07) is 4.53. The number of benzene rings is 1. The molecule has 0 spiro atoms. The van der Waals surface area contributed by atoms with E-state index < -0.39 is 18.2 Å². The average molecular weight is 507 g/mol. The normalized spacial score (nSPS) is 19.1. The van der Waals surface area contributed by atoms with Crippen molar-refractivity contribution < 1.29 is 29.3 Å². The van der Waals surface area contributed by atoms with Crippen molar-refractivity contribution in [3.63, 3.8) is 0 Å². The van der Waals surface area contributed by atoms with Crippen LogP contribution in [0.1, 0.15) is 37.8 Å². The fourth-order valence-corrected chi connectivity index (χ4v) is 5.14. The molecule has 35 heavy (non-hydrogen) atoms. The molecule has 1 aromatic carbocycles. The molecule has 2 atom stereocenters. The van der Waals surface area contributed by atoms with Crippen LogP contribution in [0, 0.1) is 0 Å². The van der Waals surface area contributed by atoms with Gasteiger partial charge in [0, 0.05) is 56.5 Å². The van der Waals surface area contributed by atoms with Crippen molar-refractivity contribution in [1.82, 2.24) is 19.3 Å². The maximum atomic E-state index is 13.7. The number of ether oxygens (including phenoxy) is 1. The maximum absolute atomic E-state index is 13.7. The SMILES string of the molecule is COCCCn1cc(Cl)c2ccc(C(C)N(C(=O)[C@H]3CN(C(=O)O)CCN3C(=O)O)C3CC3)cc21. The van der Waals surface area contributed by atoms with Crippen molar-refractivity contribution in [3.8, 4) is 0 Å². The lowest BCUT2D eigenvalue weighted by molar-refractivity contribution is -0.141. The molecule has 2 heterocycles. The lowest BCUT2D eigenvalue weighted by Crippen LogP contribution is -2.62. The van der Waals surface area contributed by atoms with Gasteiger partial charge in [0.25, 0.3) is 0 Å². The number of amides is 3. The first-order valence-corrected chi connectivity index (χ1v) is 12.2. The van der Waals surface area contributed by atoms with Gasteiger partial charge in [-0.2, -0.15) is 0 Å². The Bertz CT molecular complexity index is 1120. The number of carbonyl (C=O) groups excluding carboxylic acids is 1. The summed E-state index contributed by atoms with van der Waals surface area (Å²) in [5, 5.41) is 20.7. The number of fused-ring (bicyclic) bond motifs is 1. The van der Waals surface area contributed by atoms with E-state index in [2.05, 4.69) is 4.57 Å². The van der Waals surface area contributed by atoms with E-state index in [0.717, 1.165) is 52.1 Å². The van der Waals surface area contributed by atoms with Crippen LogP contribution in [0.2, 0.25) is 5.02 Å². The smallest absolute Gasteiger partial charge is 0.408 e. The van der Waals surface area contributed by atoms with Crippen molar-refractivity contribution in [2.45, 2.75) is 50.9 Å². The Balaban J connectivity index is 1.63. The molecule has 3 amide bonds. The van der Waals surface area contributed by atoms with Crippen molar-refractivity contribution in [1.29, 1.82) is 0 Å². The number of halogens is 1. The number of aryl methyl sites for hydroxylation is 1. The van der Waals surface area contributed by atoms with Crippen LogP contribution in [0.4, 0.5) is 9.59 Å². The van der Waals surface area contributed by atoms with E-state index in [1.807, 2.05) is 31.3 Å². The van der Waals surface area contributed by atoms with E-state index in [9.17, 15) is 24.6 Å². The van der Waals surface area contributed by atoms with Crippen LogP contribution in [0.5, 0.6) is 0 Å². The topological polar surface area (TPSA) is 116 Å². The lowest BCUT2D eigenvalue weighted by Gasteiger charge is -2.41. The zero-order valence-electron chi connectivity index (χ0n) is 19.9. The summed E-state index contributed by atoms with van der Waals surface area (Å²) in [5.41, 5.74) is 1.87. The second-order valence-electron chi connectivity index (χ2n) is 9.17. The van der Waals surface area contributed by atoms with Crippen molar-refractivity contribution in [3.05, 3.63) is 35.0 Å². The summed E-state index contributed by atoms with van der Waals surface area (Å²) in [4.78, 5) is 41.1. The Hall–Kier alpha value is -2.98. The standard InChI is InChI=1S/C24H31ClN4O6/c1-15(16-4-7-18-19(25)13-26(20(18)12-16)8-3-11-35-2)29(17-5-6-17)22(30)21-14-27(23(31)32)9-10-28(21)24(33)34/h4,7,12-13,15,17,21H,3,5-6,8-11,14H2,1-2H3,(H,31,32)(H,33,34)/t15?,21-/m1/s1. The first kappa shape index (κ1) is 25.1. The van der Waals surface area contributed by atoms with Gasteiger partial charge >= 0.3 is 12.2 Å². The van der Waals surface area contributed by atoms with Gasteiger partial charge < -0.3 is 29.3 Å². The third-order valence-electron chi connectivity index (χ3n) is 6.88. The number of hydrogen-bond acceptors (Lipinski definition) is 4. The average Bonchev–Trinajstić information content (AvgIpc) is 3.62. The fourth-order valence-electron chi connectivity index (χ4n) is 4.86. The van der Waals surface area contributed by atoms with Gasteiger partial charge in [-0.3, -0.25) is 9.69 Å². The molecule has 4 rings (SSSR count). The van der Waals surface area contributed by atoms with E-state index in [4.69, 9.17) is 16.3 Å². The second kappa shape index (κ2) is 10.3. The van der Waals surface area contributed by atoms with Crippen LogP contribution < -0.4 is 0 Å². The molecule has 1 saturated carbocycles. The second-order valence-corrected chi connectivity index (χ2v) is 9.57. The van der Waals surface area contributed by atoms with Crippen molar-refractivity contribution >= 4 is 40.6 Å². The zero-order chi connectivity index (χ0) is 25.3. The Kier molecular flexibility index (Phi) is 7.42. The molecule has 0 bridgehead atoms. The minimum Gasteiger partial charge on any atom is -0.465 e. The van der Waals surface area contributed by atoms with Crippen LogP contribution >= 0.6 is 11.6 Å². The monoisotopic (exact) mass is 506 g/mol. The van der Waals surface area contributed by atoms with Crippen LogP contribution in [0.15, 0.2) is 24.4 Å². The quantitative estimate of drug-likeness (QED) is 0.527. The molecule has 2 aromatic rings. The first-order valence-electron chi connectivity index (χ1n) is 11.8. The van der Waals surface area contributed by atoms with E-state index in [-0.39, 0.29) is 37.6 Å². The van der Waals surface area contributed by atoms with E-state index >= 15 is 0 Å². The van der Waals surface area contributed by atoms with Crippen LogP contribution in [-0.2, 0) is 16.1 Å². The minimum atomic E-state index is -1.22. The highest BCUT2D eigenvalue weighted by atomic mass is 35.5. The molecule has 2 aliphatic rings. The number of carbonyl (C=O) groups is 3. The summed E-state index contributed by atoms with van der Waals surface area (Å²) in [5.74, 6) is -0.359. The van der Waals surface area contributed by atoms with Gasteiger partial charge in [0.2, 0.25) is 5.91 Å². The van der Waals surface area contributed by atoms with Gasteiger partial charge in [0.05, 0.1) is 17.6 Å². The number of carboxylic acid groups (broad SMARTS) is 2. The number of rotatable bonds is 8. The maximum Gasteiger partial charge on any atom is 0.408 e. The van der Waals surface area contributed by atoms with Crippen LogP contribution in [0.25, 0.3) is 10.9 Å². The van der Waals surface area contributed by atoms with Crippen molar-refractivity contribution in [2.24, 2.45) is 0 Å². The van der Waals surface area contributed by atoms with Gasteiger partial charge in [0.15, 0.2) is 0 Å². The van der Waals surface area contributed by atoms with Gasteiger partial charge in [-0.25, -0.2) is 9.59 Å². The third kappa shape index (κ3) is 5.18. The first-order chi connectivity index (χ1) is 16.7. The molecule has 190 valence electrons. The number of piperazine rings is 1. The molecule has 1 aromatic heterocycles. The van der Waals surface area contributed by atoms with Crippen LogP contribution in [0.3, 0.4) is 0 Å². The predicted octanol–water partition coefficient (Wildman–Crippen LogP) is 3.73. The summed E-state index contributed by atoms with van der Waals surface area (Å²) >= 11 is 6.45. The molecule has 2 N–H and O–H groups in total. The molecule has 1 aliphatic heterocycles. The van der Waals surface area contributed by atoms with Crippen molar-refractivity contribution in [2.75, 3.05) is 33.4 Å². The van der Waals surface area contributed by atoms with E-state index in [1.54, 1.807) is 12.0 Å². The fraction of sp³-hybridized carbons (Fsp3) is 0.542. The predicted molar refractivity (Wildman–Crippen MR) is 130 cm³/mol. The van der Waals surface area contributed by atoms with E-state index in [0.29, 0.717) is 11.6 Å². The van der Waals surface area contributed by atoms with E-state index in [1.165, 1.54) is 0 Å². The highest BCUT2D eigenvalue weighted by Crippen LogP contribution is 2.37. The third-order valence-corrected chi connectivity index (χ3v) is 7.18. The van der Waals surface area contributed by atoms with Gasteiger partial charge in [0.1, 0.15) is 6.04 Å². The Morgan fingerprint density at radius 1 is 1.20 bits per heavy atom. The number of aromatic nitrogens is 1. The number of nitrogens with zero attached hydrogens (tertiary/aromatic N) is 4. The molecule has 1 saturated heterocycles. The molecule has 10 nitrogen and oxygen atoms in total.